The first kappa shape index (κ1) is 19.0. The third kappa shape index (κ3) is 3.68. The first-order valence-electron chi connectivity index (χ1n) is 8.43. The number of sulfonamides is 1. The van der Waals surface area contributed by atoms with Gasteiger partial charge < -0.3 is 4.57 Å². The Bertz CT molecular complexity index is 948. The molecule has 1 aliphatic rings. The van der Waals surface area contributed by atoms with Crippen LogP contribution in [0.1, 0.15) is 50.0 Å². The molecule has 1 aliphatic heterocycles. The Labute approximate surface area is 161 Å². The average Bonchev–Trinajstić information content (AvgIpc) is 3.11. The van der Waals surface area contributed by atoms with Crippen molar-refractivity contribution >= 4 is 26.0 Å². The lowest BCUT2D eigenvalue weighted by atomic mass is 9.98. The number of hydrogen-bond acceptors (Lipinski definition) is 5. The molecule has 26 heavy (non-hydrogen) atoms. The lowest BCUT2D eigenvalue weighted by Crippen LogP contribution is -2.39. The molecule has 0 saturated carbocycles. The van der Waals surface area contributed by atoms with Crippen LogP contribution in [0.3, 0.4) is 0 Å². The predicted octanol–water partition coefficient (Wildman–Crippen LogP) is 3.06. The normalized spacial score (nSPS) is 18.8. The summed E-state index contributed by atoms with van der Waals surface area (Å²) >= 11 is 3.28. The first-order chi connectivity index (χ1) is 12.3. The molecule has 0 amide bonds. The van der Waals surface area contributed by atoms with Crippen LogP contribution >= 0.6 is 15.9 Å². The van der Waals surface area contributed by atoms with Crippen molar-refractivity contribution in [2.75, 3.05) is 13.1 Å². The zero-order valence-electron chi connectivity index (χ0n) is 14.6. The lowest BCUT2D eigenvalue weighted by Gasteiger charge is -2.32. The number of nitriles is 1. The number of benzene rings is 1. The fraction of sp³-hybridized carbons (Fsp3) is 0.471. The van der Waals surface area contributed by atoms with Crippen molar-refractivity contribution in [3.63, 3.8) is 0 Å². The van der Waals surface area contributed by atoms with Crippen LogP contribution in [0.5, 0.6) is 0 Å². The summed E-state index contributed by atoms with van der Waals surface area (Å²) in [5, 5.41) is 17.3. The highest BCUT2D eigenvalue weighted by atomic mass is 79.9. The predicted molar refractivity (Wildman–Crippen MR) is 100.0 cm³/mol. The summed E-state index contributed by atoms with van der Waals surface area (Å²) in [4.78, 5) is 0.134. The molecule has 9 heteroatoms. The summed E-state index contributed by atoms with van der Waals surface area (Å²) in [7, 11) is -3.68. The molecule has 1 atom stereocenters. The van der Waals surface area contributed by atoms with Gasteiger partial charge in [0.2, 0.25) is 10.0 Å². The van der Waals surface area contributed by atoms with Crippen LogP contribution in [0.2, 0.25) is 0 Å². The van der Waals surface area contributed by atoms with Crippen LogP contribution in [0, 0.1) is 11.3 Å². The van der Waals surface area contributed by atoms with Crippen molar-refractivity contribution in [1.82, 2.24) is 19.1 Å². The van der Waals surface area contributed by atoms with Crippen molar-refractivity contribution in [1.29, 1.82) is 5.26 Å². The SMILES string of the molecule is CC(C)n1cnnc1C1CCCN(S(=O)(=O)c2cc(Br)cc(C#N)c2)C1. The molecule has 2 aromatic rings. The van der Waals surface area contributed by atoms with Gasteiger partial charge in [-0.3, -0.25) is 0 Å². The zero-order valence-corrected chi connectivity index (χ0v) is 17.0. The van der Waals surface area contributed by atoms with Gasteiger partial charge in [-0.05, 0) is 44.9 Å². The highest BCUT2D eigenvalue weighted by Crippen LogP contribution is 2.31. The number of piperidine rings is 1. The lowest BCUT2D eigenvalue weighted by molar-refractivity contribution is 0.302. The van der Waals surface area contributed by atoms with Crippen LogP contribution in [0.4, 0.5) is 0 Å². The highest BCUT2D eigenvalue weighted by molar-refractivity contribution is 9.10. The van der Waals surface area contributed by atoms with Crippen molar-refractivity contribution in [2.24, 2.45) is 0 Å². The summed E-state index contributed by atoms with van der Waals surface area (Å²) in [6.07, 6.45) is 3.33. The third-order valence-corrected chi connectivity index (χ3v) is 6.85. The molecule has 1 aromatic carbocycles. The van der Waals surface area contributed by atoms with Crippen LogP contribution in [0.15, 0.2) is 33.9 Å². The fourth-order valence-electron chi connectivity index (χ4n) is 3.24. The van der Waals surface area contributed by atoms with Gasteiger partial charge in [0, 0.05) is 29.5 Å². The summed E-state index contributed by atoms with van der Waals surface area (Å²) < 4.78 is 30.2. The smallest absolute Gasteiger partial charge is 0.243 e. The Morgan fingerprint density at radius 3 is 2.81 bits per heavy atom. The van der Waals surface area contributed by atoms with E-state index in [1.807, 2.05) is 10.6 Å². The Morgan fingerprint density at radius 1 is 1.35 bits per heavy atom. The molecule has 1 aromatic heterocycles. The Kier molecular flexibility index (Phi) is 5.46. The van der Waals surface area contributed by atoms with E-state index >= 15 is 0 Å². The van der Waals surface area contributed by atoms with E-state index in [2.05, 4.69) is 40.0 Å². The number of rotatable bonds is 4. The molecule has 1 fully saturated rings. The van der Waals surface area contributed by atoms with Crippen LogP contribution in [0.25, 0.3) is 0 Å². The monoisotopic (exact) mass is 437 g/mol. The number of hydrogen-bond donors (Lipinski definition) is 0. The quantitative estimate of drug-likeness (QED) is 0.732. The molecule has 1 saturated heterocycles. The topological polar surface area (TPSA) is 91.9 Å². The summed E-state index contributed by atoms with van der Waals surface area (Å²) in [5.41, 5.74) is 0.311. The van der Waals surface area contributed by atoms with E-state index in [0.29, 0.717) is 23.1 Å². The highest BCUT2D eigenvalue weighted by Gasteiger charge is 2.33. The van der Waals surface area contributed by atoms with Gasteiger partial charge in [-0.15, -0.1) is 10.2 Å². The fourth-order valence-corrected chi connectivity index (χ4v) is 5.48. The Morgan fingerprint density at radius 2 is 2.12 bits per heavy atom. The molecule has 3 rings (SSSR count). The Balaban J connectivity index is 1.90. The molecule has 0 bridgehead atoms. The van der Waals surface area contributed by atoms with Crippen LogP contribution < -0.4 is 0 Å². The Hall–Kier alpha value is -1.76. The molecule has 0 spiro atoms. The van der Waals surface area contributed by atoms with E-state index in [0.717, 1.165) is 18.7 Å². The molecule has 0 aliphatic carbocycles. The van der Waals surface area contributed by atoms with E-state index in [1.165, 1.54) is 16.4 Å². The van der Waals surface area contributed by atoms with Crippen molar-refractivity contribution in [2.45, 2.75) is 43.5 Å². The van der Waals surface area contributed by atoms with E-state index in [1.54, 1.807) is 12.4 Å². The summed E-state index contributed by atoms with van der Waals surface area (Å²) in [5.74, 6) is 0.831. The number of halogens is 1. The molecule has 1 unspecified atom stereocenters. The van der Waals surface area contributed by atoms with Gasteiger partial charge in [-0.25, -0.2) is 8.42 Å². The molecule has 2 heterocycles. The van der Waals surface area contributed by atoms with Crippen molar-refractivity contribution in [3.05, 3.63) is 40.4 Å². The number of nitrogens with zero attached hydrogens (tertiary/aromatic N) is 5. The van der Waals surface area contributed by atoms with Gasteiger partial charge in [-0.1, -0.05) is 15.9 Å². The van der Waals surface area contributed by atoms with Crippen LogP contribution in [-0.2, 0) is 10.0 Å². The minimum atomic E-state index is -3.68. The minimum absolute atomic E-state index is 0.00557. The molecule has 7 nitrogen and oxygen atoms in total. The zero-order chi connectivity index (χ0) is 18.9. The molecular formula is C17H20BrN5O2S. The van der Waals surface area contributed by atoms with Crippen molar-refractivity contribution < 1.29 is 8.42 Å². The maximum absolute atomic E-state index is 13.1. The second-order valence-corrected chi connectivity index (χ2v) is 9.53. The van der Waals surface area contributed by atoms with Crippen molar-refractivity contribution in [3.8, 4) is 6.07 Å². The summed E-state index contributed by atoms with van der Waals surface area (Å²) in [6.45, 7) is 4.93. The van der Waals surface area contributed by atoms with Gasteiger partial charge in [0.1, 0.15) is 12.2 Å². The van der Waals surface area contributed by atoms with E-state index in [4.69, 9.17) is 5.26 Å². The maximum Gasteiger partial charge on any atom is 0.243 e. The largest absolute Gasteiger partial charge is 0.315 e. The van der Waals surface area contributed by atoms with Crippen LogP contribution in [-0.4, -0.2) is 40.6 Å². The third-order valence-electron chi connectivity index (χ3n) is 4.54. The molecule has 0 radical (unpaired) electrons. The average molecular weight is 438 g/mol. The van der Waals surface area contributed by atoms with E-state index in [-0.39, 0.29) is 16.9 Å². The van der Waals surface area contributed by atoms with Gasteiger partial charge in [-0.2, -0.15) is 9.57 Å². The van der Waals surface area contributed by atoms with Gasteiger partial charge in [0.25, 0.3) is 0 Å². The number of aromatic nitrogens is 3. The minimum Gasteiger partial charge on any atom is -0.315 e. The standard InChI is InChI=1S/C17H20BrN5O2S/c1-12(2)23-11-20-21-17(23)14-4-3-5-22(10-14)26(24,25)16-7-13(9-19)6-15(18)8-16/h6-8,11-12,14H,3-5,10H2,1-2H3. The molecular weight excluding hydrogens is 418 g/mol. The summed E-state index contributed by atoms with van der Waals surface area (Å²) in [6, 6.07) is 6.77. The second kappa shape index (κ2) is 7.47. The molecule has 138 valence electrons. The maximum atomic E-state index is 13.1. The molecule has 0 N–H and O–H groups in total. The second-order valence-electron chi connectivity index (χ2n) is 6.68. The van der Waals surface area contributed by atoms with E-state index in [9.17, 15) is 8.42 Å². The van der Waals surface area contributed by atoms with Gasteiger partial charge >= 0.3 is 0 Å². The van der Waals surface area contributed by atoms with E-state index < -0.39 is 10.0 Å². The van der Waals surface area contributed by atoms with Gasteiger partial charge in [0.05, 0.1) is 16.5 Å². The van der Waals surface area contributed by atoms with Gasteiger partial charge in [0.15, 0.2) is 0 Å². The first-order valence-corrected chi connectivity index (χ1v) is 10.7.